The first kappa shape index (κ1) is 24.6. The third kappa shape index (κ3) is 6.13. The number of halogens is 3. The molecule has 1 aliphatic heterocycles. The van der Waals surface area contributed by atoms with Gasteiger partial charge in [-0.05, 0) is 37.1 Å². The van der Waals surface area contributed by atoms with E-state index in [1.807, 2.05) is 6.07 Å². The molecule has 35 heavy (non-hydrogen) atoms. The van der Waals surface area contributed by atoms with Crippen LogP contribution in [0.3, 0.4) is 0 Å². The van der Waals surface area contributed by atoms with Crippen molar-refractivity contribution >= 4 is 28.4 Å². The number of nitrogens with one attached hydrogen (secondary N) is 3. The monoisotopic (exact) mass is 492 g/mol. The quantitative estimate of drug-likeness (QED) is 0.394. The summed E-state index contributed by atoms with van der Waals surface area (Å²) in [7, 11) is 1.50. The molecule has 0 spiro atoms. The van der Waals surface area contributed by atoms with E-state index >= 15 is 0 Å². The van der Waals surface area contributed by atoms with Gasteiger partial charge in [0.15, 0.2) is 0 Å². The third-order valence-electron chi connectivity index (χ3n) is 5.71. The maximum absolute atomic E-state index is 13.2. The summed E-state index contributed by atoms with van der Waals surface area (Å²) >= 11 is 0. The summed E-state index contributed by atoms with van der Waals surface area (Å²) < 4.78 is 50.0. The molecule has 4 rings (SSSR count). The van der Waals surface area contributed by atoms with Crippen molar-refractivity contribution in [3.8, 4) is 5.75 Å². The van der Waals surface area contributed by atoms with Gasteiger partial charge >= 0.3 is 6.18 Å². The number of nitrogens with zero attached hydrogens (tertiary/aromatic N) is 3. The molecule has 0 saturated carbocycles. The number of carbonyl (C=O) groups excluding carboxylic acids is 1. The van der Waals surface area contributed by atoms with Crippen molar-refractivity contribution in [1.29, 1.82) is 0 Å². The summed E-state index contributed by atoms with van der Waals surface area (Å²) in [5, 5.41) is 6.67. The number of carbonyl (C=O) groups is 1. The molecule has 0 radical (unpaired) electrons. The minimum Gasteiger partial charge on any atom is -0.489 e. The third-order valence-corrected chi connectivity index (χ3v) is 5.71. The average Bonchev–Trinajstić information content (AvgIpc) is 3.32. The van der Waals surface area contributed by atoms with E-state index < -0.39 is 11.7 Å². The molecule has 3 heterocycles. The molecule has 0 unspecified atom stereocenters. The Labute approximate surface area is 200 Å². The Morgan fingerprint density at radius 1 is 1.26 bits per heavy atom. The Morgan fingerprint density at radius 2 is 2.11 bits per heavy atom. The smallest absolute Gasteiger partial charge is 0.416 e. The zero-order valence-electron chi connectivity index (χ0n) is 19.2. The number of hydrogen-bond acceptors (Lipinski definition) is 7. The fraction of sp³-hybridized carbons (Fsp3) is 0.435. The lowest BCUT2D eigenvalue weighted by Gasteiger charge is -2.34. The van der Waals surface area contributed by atoms with Crippen LogP contribution in [0.25, 0.3) is 11.0 Å². The molecule has 9 nitrogen and oxygen atoms in total. The number of alkyl halides is 3. The van der Waals surface area contributed by atoms with Gasteiger partial charge in [0.05, 0.1) is 29.8 Å². The summed E-state index contributed by atoms with van der Waals surface area (Å²) in [5.74, 6) is 0.688. The standard InChI is InChI=1S/C23H27F3N6O3/c1-34-9-10-35-19-5-4-15(23(24,25)26)11-18(19)28-12-20(33)31-16-3-2-8-32(13-16)22-17-6-7-27-21(17)29-14-30-22/h4-7,11,14,16,28H,2-3,8-10,12-13H2,1H3,(H,31,33)(H,27,29,30)/t16-/m1/s1. The summed E-state index contributed by atoms with van der Waals surface area (Å²) in [6, 6.07) is 4.91. The SMILES string of the molecule is COCCOc1ccc(C(F)(F)F)cc1NCC(=O)N[C@@H]1CCCN(c2ncnc3[nH]ccc23)C1. The highest BCUT2D eigenvalue weighted by molar-refractivity contribution is 5.87. The van der Waals surface area contributed by atoms with Crippen LogP contribution in [0.5, 0.6) is 5.75 Å². The van der Waals surface area contributed by atoms with Gasteiger partial charge in [0.2, 0.25) is 5.91 Å². The van der Waals surface area contributed by atoms with E-state index in [2.05, 4.69) is 30.5 Å². The number of H-pyrrole nitrogens is 1. The molecule has 3 aromatic rings. The van der Waals surface area contributed by atoms with Crippen molar-refractivity contribution in [3.05, 3.63) is 42.4 Å². The van der Waals surface area contributed by atoms with E-state index in [4.69, 9.17) is 9.47 Å². The molecule has 1 fully saturated rings. The largest absolute Gasteiger partial charge is 0.489 e. The molecule has 3 N–H and O–H groups in total. The van der Waals surface area contributed by atoms with Crippen LogP contribution in [0.15, 0.2) is 36.8 Å². The number of aromatic nitrogens is 3. The van der Waals surface area contributed by atoms with Gasteiger partial charge in [-0.1, -0.05) is 0 Å². The normalized spacial score (nSPS) is 16.3. The number of benzene rings is 1. The van der Waals surface area contributed by atoms with E-state index in [9.17, 15) is 18.0 Å². The number of aromatic amines is 1. The number of methoxy groups -OCH3 is 1. The zero-order valence-corrected chi connectivity index (χ0v) is 19.2. The van der Waals surface area contributed by atoms with E-state index in [1.54, 1.807) is 6.20 Å². The van der Waals surface area contributed by atoms with Crippen LogP contribution >= 0.6 is 0 Å². The predicted octanol–water partition coefficient (Wildman–Crippen LogP) is 3.20. The number of piperidine rings is 1. The Bertz CT molecular complexity index is 1150. The molecule has 12 heteroatoms. The molecule has 188 valence electrons. The number of anilines is 2. The van der Waals surface area contributed by atoms with Crippen LogP contribution < -0.4 is 20.3 Å². The number of fused-ring (bicyclic) bond motifs is 1. The zero-order chi connectivity index (χ0) is 24.8. The van der Waals surface area contributed by atoms with Crippen molar-refractivity contribution < 1.29 is 27.4 Å². The van der Waals surface area contributed by atoms with E-state index in [1.165, 1.54) is 19.5 Å². The van der Waals surface area contributed by atoms with Crippen LogP contribution in [-0.2, 0) is 15.7 Å². The lowest BCUT2D eigenvalue weighted by molar-refractivity contribution is -0.137. The first-order valence-corrected chi connectivity index (χ1v) is 11.2. The summed E-state index contributed by atoms with van der Waals surface area (Å²) in [6.45, 7) is 1.61. The van der Waals surface area contributed by atoms with Crippen molar-refractivity contribution in [3.63, 3.8) is 0 Å². The second-order valence-electron chi connectivity index (χ2n) is 8.19. The van der Waals surface area contributed by atoms with Crippen LogP contribution in [0.2, 0.25) is 0 Å². The predicted molar refractivity (Wildman–Crippen MR) is 125 cm³/mol. The first-order valence-electron chi connectivity index (χ1n) is 11.2. The molecular formula is C23H27F3N6O3. The van der Waals surface area contributed by atoms with Crippen LogP contribution in [0.4, 0.5) is 24.7 Å². The maximum atomic E-state index is 13.2. The van der Waals surface area contributed by atoms with Gasteiger partial charge in [-0.2, -0.15) is 13.2 Å². The number of hydrogen-bond donors (Lipinski definition) is 3. The Kier molecular flexibility index (Phi) is 7.59. The van der Waals surface area contributed by atoms with Crippen LogP contribution in [0, 0.1) is 0 Å². The Balaban J connectivity index is 1.38. The topological polar surface area (TPSA) is 104 Å². The maximum Gasteiger partial charge on any atom is 0.416 e. The van der Waals surface area contributed by atoms with Crippen molar-refractivity contribution in [2.45, 2.75) is 25.1 Å². The summed E-state index contributed by atoms with van der Waals surface area (Å²) in [5.41, 5.74) is 0.00509. The summed E-state index contributed by atoms with van der Waals surface area (Å²) in [4.78, 5) is 26.4. The lowest BCUT2D eigenvalue weighted by atomic mass is 10.1. The highest BCUT2D eigenvalue weighted by atomic mass is 19.4. The molecule has 1 amide bonds. The second kappa shape index (κ2) is 10.8. The molecule has 1 atom stereocenters. The molecular weight excluding hydrogens is 465 g/mol. The van der Waals surface area contributed by atoms with Crippen molar-refractivity contribution in [2.24, 2.45) is 0 Å². The first-order chi connectivity index (χ1) is 16.8. The van der Waals surface area contributed by atoms with Crippen LogP contribution in [-0.4, -0.2) is 66.9 Å². The van der Waals surface area contributed by atoms with E-state index in [0.717, 1.165) is 48.4 Å². The minimum atomic E-state index is -4.51. The van der Waals surface area contributed by atoms with Crippen LogP contribution in [0.1, 0.15) is 18.4 Å². The fourth-order valence-corrected chi connectivity index (χ4v) is 4.06. The minimum absolute atomic E-state index is 0.0900. The van der Waals surface area contributed by atoms with Crippen molar-refractivity contribution in [1.82, 2.24) is 20.3 Å². The van der Waals surface area contributed by atoms with Gasteiger partial charge < -0.3 is 30.0 Å². The molecule has 2 aromatic heterocycles. The number of amides is 1. The van der Waals surface area contributed by atoms with E-state index in [-0.39, 0.29) is 43.1 Å². The summed E-state index contributed by atoms with van der Waals surface area (Å²) in [6.07, 6.45) is 0.444. The molecule has 0 aliphatic carbocycles. The molecule has 1 aliphatic rings. The average molecular weight is 493 g/mol. The van der Waals surface area contributed by atoms with Gasteiger partial charge in [-0.15, -0.1) is 0 Å². The van der Waals surface area contributed by atoms with Gasteiger partial charge in [0, 0.05) is 32.4 Å². The van der Waals surface area contributed by atoms with Gasteiger partial charge in [-0.3, -0.25) is 4.79 Å². The molecule has 1 aromatic carbocycles. The number of rotatable bonds is 9. The highest BCUT2D eigenvalue weighted by Crippen LogP contribution is 2.35. The van der Waals surface area contributed by atoms with Gasteiger partial charge in [-0.25, -0.2) is 9.97 Å². The molecule has 1 saturated heterocycles. The lowest BCUT2D eigenvalue weighted by Crippen LogP contribution is -2.49. The number of ether oxygens (including phenoxy) is 2. The fourth-order valence-electron chi connectivity index (χ4n) is 4.06. The van der Waals surface area contributed by atoms with Gasteiger partial charge in [0.1, 0.15) is 30.1 Å². The van der Waals surface area contributed by atoms with Crippen molar-refractivity contribution in [2.75, 3.05) is 50.2 Å². The second-order valence-corrected chi connectivity index (χ2v) is 8.19. The van der Waals surface area contributed by atoms with Gasteiger partial charge in [0.25, 0.3) is 0 Å². The molecule has 0 bridgehead atoms. The highest BCUT2D eigenvalue weighted by Gasteiger charge is 2.31. The Morgan fingerprint density at radius 3 is 2.91 bits per heavy atom. The Hall–Kier alpha value is -3.54. The van der Waals surface area contributed by atoms with E-state index in [0.29, 0.717) is 6.54 Å².